The third-order valence-electron chi connectivity index (χ3n) is 3.68. The van der Waals surface area contributed by atoms with Crippen molar-refractivity contribution >= 4 is 38.6 Å². The van der Waals surface area contributed by atoms with Gasteiger partial charge in [-0.15, -0.1) is 0 Å². The zero-order valence-electron chi connectivity index (χ0n) is 13.0. The summed E-state index contributed by atoms with van der Waals surface area (Å²) in [5, 5.41) is 4.87. The molecule has 0 aliphatic heterocycles. The topological polar surface area (TPSA) is 83.3 Å². The third kappa shape index (κ3) is 2.50. The Morgan fingerprint density at radius 3 is 2.87 bits per heavy atom. The number of carbonyl (C=O) groups is 1. The minimum absolute atomic E-state index is 0.0327. The van der Waals surface area contributed by atoms with Crippen molar-refractivity contribution in [2.45, 2.75) is 13.8 Å². The van der Waals surface area contributed by atoms with Crippen molar-refractivity contribution in [3.8, 4) is 11.1 Å². The lowest BCUT2D eigenvalue weighted by atomic mass is 10.0. The molecular formula is C16H16BrN3O3. The Balaban J connectivity index is 2.25. The lowest BCUT2D eigenvalue weighted by molar-refractivity contribution is 0.0494. The highest BCUT2D eigenvalue weighted by Crippen LogP contribution is 2.40. The van der Waals surface area contributed by atoms with Crippen molar-refractivity contribution in [3.05, 3.63) is 34.3 Å². The number of aryl methyl sites for hydroxylation is 1. The number of anilines is 1. The maximum atomic E-state index is 12.0. The smallest absolute Gasteiger partial charge is 0.376 e. The molecule has 2 heterocycles. The molecule has 3 rings (SSSR count). The monoisotopic (exact) mass is 377 g/mol. The number of nitrogen functional groups attached to an aromatic ring is 1. The minimum Gasteiger partial charge on any atom is -0.460 e. The van der Waals surface area contributed by atoms with Gasteiger partial charge in [-0.2, -0.15) is 5.10 Å². The van der Waals surface area contributed by atoms with Crippen LogP contribution in [-0.2, 0) is 11.8 Å². The number of furan rings is 1. The zero-order valence-corrected chi connectivity index (χ0v) is 14.6. The molecule has 3 aromatic rings. The van der Waals surface area contributed by atoms with E-state index in [-0.39, 0.29) is 18.1 Å². The van der Waals surface area contributed by atoms with Gasteiger partial charge in [0.15, 0.2) is 5.58 Å². The van der Waals surface area contributed by atoms with Gasteiger partial charge in [-0.05, 0) is 47.0 Å². The maximum Gasteiger partial charge on any atom is 0.376 e. The fraction of sp³-hybridized carbons (Fsp3) is 0.250. The minimum atomic E-state index is -0.561. The molecule has 1 aromatic carbocycles. The van der Waals surface area contributed by atoms with Crippen LogP contribution in [0.3, 0.4) is 0 Å². The molecule has 120 valence electrons. The number of carbonyl (C=O) groups excluding carboxylic acids is 1. The number of nitrogens with two attached hydrogens (primary N) is 1. The molecular weight excluding hydrogens is 362 g/mol. The first-order valence-corrected chi connectivity index (χ1v) is 7.90. The van der Waals surface area contributed by atoms with Crippen molar-refractivity contribution in [2.24, 2.45) is 7.05 Å². The first-order valence-electron chi connectivity index (χ1n) is 7.11. The van der Waals surface area contributed by atoms with E-state index >= 15 is 0 Å². The Morgan fingerprint density at radius 1 is 1.52 bits per heavy atom. The van der Waals surface area contributed by atoms with Crippen molar-refractivity contribution in [1.82, 2.24) is 9.78 Å². The fourth-order valence-corrected chi connectivity index (χ4v) is 3.02. The van der Waals surface area contributed by atoms with Crippen molar-refractivity contribution in [1.29, 1.82) is 0 Å². The molecule has 0 aliphatic rings. The third-order valence-corrected chi connectivity index (χ3v) is 4.64. The van der Waals surface area contributed by atoms with Gasteiger partial charge in [0.1, 0.15) is 0 Å². The van der Waals surface area contributed by atoms with Crippen molar-refractivity contribution < 1.29 is 13.9 Å². The largest absolute Gasteiger partial charge is 0.460 e. The summed E-state index contributed by atoms with van der Waals surface area (Å²) in [4.78, 5) is 12.0. The van der Waals surface area contributed by atoms with Crippen LogP contribution in [0.25, 0.3) is 22.1 Å². The normalized spacial score (nSPS) is 11.1. The van der Waals surface area contributed by atoms with E-state index in [2.05, 4.69) is 21.0 Å². The van der Waals surface area contributed by atoms with E-state index in [1.165, 1.54) is 0 Å². The molecule has 6 nitrogen and oxygen atoms in total. The predicted octanol–water partition coefficient (Wildman–Crippen LogP) is 3.66. The van der Waals surface area contributed by atoms with Gasteiger partial charge >= 0.3 is 5.97 Å². The van der Waals surface area contributed by atoms with Gasteiger partial charge in [0, 0.05) is 24.2 Å². The molecule has 0 bridgehead atoms. The van der Waals surface area contributed by atoms with Gasteiger partial charge in [0.2, 0.25) is 5.76 Å². The summed E-state index contributed by atoms with van der Waals surface area (Å²) in [5.74, 6) is -0.529. The van der Waals surface area contributed by atoms with Crippen LogP contribution in [0.2, 0.25) is 0 Å². The lowest BCUT2D eigenvalue weighted by Gasteiger charge is -2.06. The summed E-state index contributed by atoms with van der Waals surface area (Å²) >= 11 is 3.54. The summed E-state index contributed by atoms with van der Waals surface area (Å²) < 4.78 is 13.1. The second-order valence-electron chi connectivity index (χ2n) is 5.21. The Kier molecular flexibility index (Phi) is 3.89. The molecule has 2 N–H and O–H groups in total. The van der Waals surface area contributed by atoms with Gasteiger partial charge in [-0.25, -0.2) is 4.79 Å². The van der Waals surface area contributed by atoms with Crippen LogP contribution in [0, 0.1) is 6.92 Å². The zero-order chi connectivity index (χ0) is 16.7. The van der Waals surface area contributed by atoms with Crippen LogP contribution >= 0.6 is 15.9 Å². The molecule has 0 aliphatic carbocycles. The summed E-state index contributed by atoms with van der Waals surface area (Å²) in [6.07, 6.45) is 3.70. The molecule has 0 spiro atoms. The first-order chi connectivity index (χ1) is 10.9. The van der Waals surface area contributed by atoms with E-state index in [1.807, 2.05) is 26.2 Å². The van der Waals surface area contributed by atoms with E-state index in [1.54, 1.807) is 17.8 Å². The highest BCUT2D eigenvalue weighted by molar-refractivity contribution is 9.10. The Bertz CT molecular complexity index is 911. The molecule has 0 radical (unpaired) electrons. The molecule has 23 heavy (non-hydrogen) atoms. The molecule has 0 atom stereocenters. The average Bonchev–Trinajstić information content (AvgIpc) is 3.07. The highest BCUT2D eigenvalue weighted by atomic mass is 79.9. The second kappa shape index (κ2) is 5.73. The van der Waals surface area contributed by atoms with Crippen LogP contribution in [0.5, 0.6) is 0 Å². The summed E-state index contributed by atoms with van der Waals surface area (Å²) in [6, 6.07) is 1.91. The number of rotatable bonds is 3. The number of halogens is 1. The molecule has 0 saturated heterocycles. The number of hydrogen-bond donors (Lipinski definition) is 1. The average molecular weight is 378 g/mol. The molecule has 0 amide bonds. The van der Waals surface area contributed by atoms with Crippen LogP contribution in [0.15, 0.2) is 27.3 Å². The highest BCUT2D eigenvalue weighted by Gasteiger charge is 2.23. The van der Waals surface area contributed by atoms with E-state index < -0.39 is 5.97 Å². The number of esters is 1. The Hall–Kier alpha value is -2.28. The standard InChI is InChI=1S/C16H16BrN3O3/c1-4-22-16(21)15-13(18)11-5-10(9-6-19-20(3)7-9)8(2)12(17)14(11)23-15/h5-7H,4,18H2,1-3H3. The van der Waals surface area contributed by atoms with Crippen LogP contribution in [0.1, 0.15) is 23.0 Å². The number of aromatic nitrogens is 2. The van der Waals surface area contributed by atoms with E-state index in [0.29, 0.717) is 11.0 Å². The number of fused-ring (bicyclic) bond motifs is 1. The molecule has 0 saturated carbocycles. The molecule has 0 fully saturated rings. The quantitative estimate of drug-likeness (QED) is 0.704. The van der Waals surface area contributed by atoms with Gasteiger partial charge in [0.05, 0.1) is 23.0 Å². The maximum absolute atomic E-state index is 12.0. The van der Waals surface area contributed by atoms with Gasteiger partial charge in [-0.1, -0.05) is 0 Å². The number of nitrogens with zero attached hydrogens (tertiary/aromatic N) is 2. The second-order valence-corrected chi connectivity index (χ2v) is 6.00. The predicted molar refractivity (Wildman–Crippen MR) is 91.2 cm³/mol. The van der Waals surface area contributed by atoms with Gasteiger partial charge < -0.3 is 14.9 Å². The molecule has 0 unspecified atom stereocenters. The number of ether oxygens (including phenoxy) is 1. The van der Waals surface area contributed by atoms with Crippen LogP contribution in [0.4, 0.5) is 5.69 Å². The van der Waals surface area contributed by atoms with E-state index in [9.17, 15) is 4.79 Å². The van der Waals surface area contributed by atoms with Crippen LogP contribution < -0.4 is 5.73 Å². The first kappa shape index (κ1) is 15.6. The number of hydrogen-bond acceptors (Lipinski definition) is 5. The Labute approximate surface area is 141 Å². The van der Waals surface area contributed by atoms with E-state index in [0.717, 1.165) is 21.2 Å². The lowest BCUT2D eigenvalue weighted by Crippen LogP contribution is -2.05. The molecule has 2 aromatic heterocycles. The van der Waals surface area contributed by atoms with Gasteiger partial charge in [0.25, 0.3) is 0 Å². The van der Waals surface area contributed by atoms with E-state index in [4.69, 9.17) is 14.9 Å². The fourth-order valence-electron chi connectivity index (χ4n) is 2.51. The summed E-state index contributed by atoms with van der Waals surface area (Å²) in [6.45, 7) is 3.96. The van der Waals surface area contributed by atoms with Gasteiger partial charge in [-0.3, -0.25) is 4.68 Å². The van der Waals surface area contributed by atoms with Crippen molar-refractivity contribution in [3.63, 3.8) is 0 Å². The molecule has 7 heteroatoms. The number of benzene rings is 1. The Morgan fingerprint density at radius 2 is 2.26 bits per heavy atom. The summed E-state index contributed by atoms with van der Waals surface area (Å²) in [5.41, 5.74) is 9.84. The van der Waals surface area contributed by atoms with Crippen molar-refractivity contribution in [2.75, 3.05) is 12.3 Å². The van der Waals surface area contributed by atoms with Crippen LogP contribution in [-0.4, -0.2) is 22.4 Å². The summed E-state index contributed by atoms with van der Waals surface area (Å²) in [7, 11) is 1.86. The SMILES string of the molecule is CCOC(=O)c1oc2c(Br)c(C)c(-c3cnn(C)c3)cc2c1N.